The minimum Gasteiger partial charge on any atom is -0.257 e. The summed E-state index contributed by atoms with van der Waals surface area (Å²) in [5.41, 5.74) is 6.96. The van der Waals surface area contributed by atoms with Crippen molar-refractivity contribution >= 4 is 11.6 Å². The quantitative estimate of drug-likeness (QED) is 0.446. The van der Waals surface area contributed by atoms with E-state index in [0.29, 0.717) is 0 Å². The summed E-state index contributed by atoms with van der Waals surface area (Å²) in [5, 5.41) is 0. The maximum Gasteiger partial charge on any atom is 0.0728 e. The molecule has 1 aromatic heterocycles. The van der Waals surface area contributed by atoms with Gasteiger partial charge < -0.3 is 0 Å². The molecule has 0 amide bonds. The van der Waals surface area contributed by atoms with Gasteiger partial charge in [-0.1, -0.05) is 91.0 Å². The van der Waals surface area contributed by atoms with Crippen molar-refractivity contribution < 1.29 is 0 Å². The molecule has 1 aliphatic carbocycles. The molecule has 0 unspecified atom stereocenters. The highest BCUT2D eigenvalue weighted by molar-refractivity contribution is 5.98. The maximum absolute atomic E-state index is 4.72. The highest BCUT2D eigenvalue weighted by Gasteiger charge is 2.45. The second kappa shape index (κ2) is 6.37. The zero-order valence-electron chi connectivity index (χ0n) is 14.9. The molecule has 0 saturated heterocycles. The van der Waals surface area contributed by atoms with Gasteiger partial charge in [-0.3, -0.25) is 4.98 Å². The normalized spacial score (nSPS) is 14.4. The molecule has 0 atom stereocenters. The van der Waals surface area contributed by atoms with Crippen molar-refractivity contribution in [2.24, 2.45) is 0 Å². The van der Waals surface area contributed by atoms with Gasteiger partial charge in [-0.2, -0.15) is 0 Å². The van der Waals surface area contributed by atoms with E-state index < -0.39 is 0 Å². The molecule has 0 bridgehead atoms. The first kappa shape index (κ1) is 15.8. The molecule has 1 aliphatic rings. The summed E-state index contributed by atoms with van der Waals surface area (Å²) in [4.78, 5) is 4.72. The first-order valence-corrected chi connectivity index (χ1v) is 9.25. The van der Waals surface area contributed by atoms with E-state index in [1.54, 1.807) is 0 Å². The van der Waals surface area contributed by atoms with Crippen LogP contribution in [0, 0.1) is 0 Å². The topological polar surface area (TPSA) is 12.9 Å². The van der Waals surface area contributed by atoms with Crippen molar-refractivity contribution in [3.05, 3.63) is 137 Å². The van der Waals surface area contributed by atoms with Gasteiger partial charge >= 0.3 is 0 Å². The summed E-state index contributed by atoms with van der Waals surface area (Å²) < 4.78 is 0. The third kappa shape index (κ3) is 2.36. The van der Waals surface area contributed by atoms with E-state index in [1.807, 2.05) is 12.3 Å². The third-order valence-electron chi connectivity index (χ3n) is 5.42. The molecule has 0 saturated carbocycles. The zero-order valence-corrected chi connectivity index (χ0v) is 14.9. The first-order chi connectivity index (χ1) is 13.4. The van der Waals surface area contributed by atoms with Crippen LogP contribution < -0.4 is 0 Å². The Kier molecular flexibility index (Phi) is 3.72. The molecule has 27 heavy (non-hydrogen) atoms. The second-order valence-corrected chi connectivity index (χ2v) is 6.84. The lowest BCUT2D eigenvalue weighted by molar-refractivity contribution is 0.809. The Bertz CT molecular complexity index is 1060. The second-order valence-electron chi connectivity index (χ2n) is 6.84. The van der Waals surface area contributed by atoms with Gasteiger partial charge in [0.05, 0.1) is 11.1 Å². The molecule has 0 spiro atoms. The molecule has 0 N–H and O–H groups in total. The molecule has 5 rings (SSSR count). The van der Waals surface area contributed by atoms with Gasteiger partial charge in [0.2, 0.25) is 0 Å². The number of allylic oxidation sites excluding steroid dienone is 1. The summed E-state index contributed by atoms with van der Waals surface area (Å²) in [6.07, 6.45) is 4.18. The van der Waals surface area contributed by atoms with E-state index in [1.165, 1.54) is 27.8 Å². The predicted octanol–water partition coefficient (Wildman–Crippen LogP) is 5.97. The summed E-state index contributed by atoms with van der Waals surface area (Å²) in [5.74, 6) is 0. The fraction of sp³-hybridized carbons (Fsp3) is 0.0385. The fourth-order valence-corrected chi connectivity index (χ4v) is 4.33. The van der Waals surface area contributed by atoms with Crippen molar-refractivity contribution in [1.29, 1.82) is 0 Å². The molecular weight excluding hydrogens is 326 g/mol. The fourth-order valence-electron chi connectivity index (χ4n) is 4.33. The van der Waals surface area contributed by atoms with Crippen molar-refractivity contribution in [3.8, 4) is 0 Å². The molecule has 0 aliphatic heterocycles. The third-order valence-corrected chi connectivity index (χ3v) is 5.42. The first-order valence-electron chi connectivity index (χ1n) is 9.25. The Morgan fingerprint density at radius 2 is 1.15 bits per heavy atom. The Morgan fingerprint density at radius 3 is 1.78 bits per heavy atom. The number of fused-ring (bicyclic) bond motifs is 1. The molecule has 1 nitrogen and oxygen atoms in total. The van der Waals surface area contributed by atoms with Crippen molar-refractivity contribution in [3.63, 3.8) is 0 Å². The van der Waals surface area contributed by atoms with Gasteiger partial charge in [-0.05, 0) is 46.0 Å². The standard InChI is InChI=1S/C26H19N/c1-3-12-21(13-4-1)26(22-14-5-2-6-15-22)23-16-8-7-11-20(23)19-24(26)25-17-9-10-18-27-25/h1-19H. The largest absolute Gasteiger partial charge is 0.257 e. The minimum absolute atomic E-state index is 0.368. The maximum atomic E-state index is 4.72. The van der Waals surface area contributed by atoms with E-state index in [-0.39, 0.29) is 5.41 Å². The van der Waals surface area contributed by atoms with Crippen molar-refractivity contribution in [2.75, 3.05) is 0 Å². The molecule has 128 valence electrons. The number of hydrogen-bond acceptors (Lipinski definition) is 1. The summed E-state index contributed by atoms with van der Waals surface area (Å²) in [6.45, 7) is 0. The SMILES string of the molecule is C1=C(c2ccccn2)C(c2ccccc2)(c2ccccc2)c2ccccc21. The number of pyridine rings is 1. The summed E-state index contributed by atoms with van der Waals surface area (Å²) >= 11 is 0. The number of benzene rings is 3. The van der Waals surface area contributed by atoms with Crippen LogP contribution in [0.15, 0.2) is 109 Å². The average Bonchev–Trinajstić information content (AvgIpc) is 3.12. The van der Waals surface area contributed by atoms with E-state index >= 15 is 0 Å². The van der Waals surface area contributed by atoms with Gasteiger partial charge in [-0.25, -0.2) is 0 Å². The zero-order chi connectivity index (χ0) is 18.1. The molecule has 1 heteroatoms. The van der Waals surface area contributed by atoms with E-state index in [0.717, 1.165) is 5.69 Å². The molecule has 0 radical (unpaired) electrons. The van der Waals surface area contributed by atoms with Crippen LogP contribution in [-0.2, 0) is 5.41 Å². The summed E-state index contributed by atoms with van der Waals surface area (Å²) in [6, 6.07) is 36.4. The van der Waals surface area contributed by atoms with E-state index in [4.69, 9.17) is 4.98 Å². The lowest BCUT2D eigenvalue weighted by Crippen LogP contribution is -2.29. The monoisotopic (exact) mass is 345 g/mol. The highest BCUT2D eigenvalue weighted by atomic mass is 14.7. The minimum atomic E-state index is -0.368. The average molecular weight is 345 g/mol. The van der Waals surface area contributed by atoms with Gasteiger partial charge in [0.25, 0.3) is 0 Å². The van der Waals surface area contributed by atoms with Gasteiger partial charge in [0.1, 0.15) is 0 Å². The molecule has 3 aromatic carbocycles. The van der Waals surface area contributed by atoms with Crippen LogP contribution in [0.5, 0.6) is 0 Å². The summed E-state index contributed by atoms with van der Waals surface area (Å²) in [7, 11) is 0. The van der Waals surface area contributed by atoms with Crippen molar-refractivity contribution in [1.82, 2.24) is 4.98 Å². The smallest absolute Gasteiger partial charge is 0.0728 e. The molecular formula is C26H19N. The van der Waals surface area contributed by atoms with Crippen LogP contribution in [0.25, 0.3) is 11.6 Å². The lowest BCUT2D eigenvalue weighted by atomic mass is 9.66. The van der Waals surface area contributed by atoms with Crippen molar-refractivity contribution in [2.45, 2.75) is 5.41 Å². The van der Waals surface area contributed by atoms with Crippen LogP contribution in [0.4, 0.5) is 0 Å². The van der Waals surface area contributed by atoms with Gasteiger partial charge in [0, 0.05) is 6.20 Å². The Hall–Kier alpha value is -3.45. The Morgan fingerprint density at radius 1 is 0.556 bits per heavy atom. The number of rotatable bonds is 3. The van der Waals surface area contributed by atoms with Crippen LogP contribution in [0.2, 0.25) is 0 Å². The number of hydrogen-bond donors (Lipinski definition) is 0. The lowest BCUT2D eigenvalue weighted by Gasteiger charge is -2.35. The Balaban J connectivity index is 1.91. The molecule has 1 heterocycles. The van der Waals surface area contributed by atoms with Gasteiger partial charge in [-0.15, -0.1) is 0 Å². The van der Waals surface area contributed by atoms with Crippen LogP contribution in [-0.4, -0.2) is 4.98 Å². The molecule has 4 aromatic rings. The predicted molar refractivity (Wildman–Crippen MR) is 111 cm³/mol. The van der Waals surface area contributed by atoms with Crippen LogP contribution >= 0.6 is 0 Å². The highest BCUT2D eigenvalue weighted by Crippen LogP contribution is 2.54. The number of nitrogens with zero attached hydrogens (tertiary/aromatic N) is 1. The van der Waals surface area contributed by atoms with Crippen LogP contribution in [0.1, 0.15) is 27.9 Å². The van der Waals surface area contributed by atoms with Gasteiger partial charge in [0.15, 0.2) is 0 Å². The van der Waals surface area contributed by atoms with E-state index in [9.17, 15) is 0 Å². The van der Waals surface area contributed by atoms with E-state index in [2.05, 4.69) is 103 Å². The molecule has 0 fully saturated rings. The van der Waals surface area contributed by atoms with Crippen LogP contribution in [0.3, 0.4) is 0 Å². The Labute approximate surface area is 159 Å². The number of aromatic nitrogens is 1.